The zero-order chi connectivity index (χ0) is 14.5. The van der Waals surface area contributed by atoms with Crippen LogP contribution in [0.4, 0.5) is 0 Å². The minimum Gasteiger partial charge on any atom is -0.387 e. The summed E-state index contributed by atoms with van der Waals surface area (Å²) in [5, 5.41) is 13.2. The number of pyridine rings is 1. The van der Waals surface area contributed by atoms with Crippen LogP contribution in [0.2, 0.25) is 5.02 Å². The number of carbonyl (C=O) groups excluding carboxylic acids is 1. The van der Waals surface area contributed by atoms with Gasteiger partial charge in [0.2, 0.25) is 0 Å². The molecule has 2 aromatic rings. The topological polar surface area (TPSA) is 65.1 Å². The quantitative estimate of drug-likeness (QED) is 0.761. The molecule has 0 radical (unpaired) electrons. The van der Waals surface area contributed by atoms with Crippen LogP contribution in [0.25, 0.3) is 0 Å². The number of nitrogens with one attached hydrogen (secondary N) is 2. The predicted molar refractivity (Wildman–Crippen MR) is 80.4 cm³/mol. The first-order valence-electron chi connectivity index (χ1n) is 5.97. The molecule has 0 saturated heterocycles. The van der Waals surface area contributed by atoms with Crippen molar-refractivity contribution in [1.82, 2.24) is 10.3 Å². The summed E-state index contributed by atoms with van der Waals surface area (Å²) < 4.78 is 0.367. The second-order valence-corrected chi connectivity index (χ2v) is 5.03. The van der Waals surface area contributed by atoms with E-state index >= 15 is 0 Å². The summed E-state index contributed by atoms with van der Waals surface area (Å²) >= 11 is 10.8. The molecule has 3 N–H and O–H groups in total. The van der Waals surface area contributed by atoms with E-state index in [0.717, 1.165) is 0 Å². The Labute approximate surface area is 126 Å². The number of aliphatic hydroxyl groups excluding tert-OH is 1. The van der Waals surface area contributed by atoms with Gasteiger partial charge in [-0.15, -0.1) is 0 Å². The van der Waals surface area contributed by atoms with Gasteiger partial charge in [0.05, 0.1) is 11.7 Å². The summed E-state index contributed by atoms with van der Waals surface area (Å²) in [6.45, 7) is 0.101. The molecule has 104 valence electrons. The predicted octanol–water partition coefficient (Wildman–Crippen LogP) is 2.86. The van der Waals surface area contributed by atoms with Crippen LogP contribution in [0.1, 0.15) is 22.0 Å². The van der Waals surface area contributed by atoms with E-state index in [1.165, 1.54) is 0 Å². The number of aromatic nitrogens is 1. The van der Waals surface area contributed by atoms with E-state index in [1.54, 1.807) is 42.6 Å². The fourth-order valence-corrected chi connectivity index (χ4v) is 2.04. The average Bonchev–Trinajstić information content (AvgIpc) is 2.45. The van der Waals surface area contributed by atoms with Gasteiger partial charge in [-0.1, -0.05) is 36.0 Å². The monoisotopic (exact) mass is 308 g/mol. The molecule has 0 fully saturated rings. The second kappa shape index (κ2) is 6.65. The molecule has 20 heavy (non-hydrogen) atoms. The Morgan fingerprint density at radius 2 is 2.05 bits per heavy atom. The fourth-order valence-electron chi connectivity index (χ4n) is 1.69. The van der Waals surface area contributed by atoms with Crippen molar-refractivity contribution < 1.29 is 9.90 Å². The molecule has 1 atom stereocenters. The van der Waals surface area contributed by atoms with Crippen LogP contribution in [0.3, 0.4) is 0 Å². The van der Waals surface area contributed by atoms with E-state index in [-0.39, 0.29) is 12.5 Å². The first-order valence-corrected chi connectivity index (χ1v) is 6.76. The Hall–Kier alpha value is -1.69. The lowest BCUT2D eigenvalue weighted by atomic mass is 10.1. The van der Waals surface area contributed by atoms with Crippen LogP contribution in [0.15, 0.2) is 42.6 Å². The van der Waals surface area contributed by atoms with Crippen molar-refractivity contribution in [2.75, 3.05) is 6.54 Å². The highest BCUT2D eigenvalue weighted by Crippen LogP contribution is 2.15. The normalized spacial score (nSPS) is 11.9. The molecule has 0 aliphatic rings. The van der Waals surface area contributed by atoms with Gasteiger partial charge >= 0.3 is 0 Å². The lowest BCUT2D eigenvalue weighted by molar-refractivity contribution is 0.0915. The highest BCUT2D eigenvalue weighted by Gasteiger charge is 2.11. The number of amides is 1. The van der Waals surface area contributed by atoms with Crippen molar-refractivity contribution in [1.29, 1.82) is 0 Å². The number of halogens is 1. The van der Waals surface area contributed by atoms with Gasteiger partial charge in [-0.2, -0.15) is 0 Å². The third-order valence-electron chi connectivity index (χ3n) is 2.77. The van der Waals surface area contributed by atoms with Crippen molar-refractivity contribution in [3.8, 4) is 0 Å². The number of carbonyl (C=O) groups is 1. The van der Waals surface area contributed by atoms with E-state index in [9.17, 15) is 9.90 Å². The van der Waals surface area contributed by atoms with Gasteiger partial charge in [0, 0.05) is 17.8 Å². The molecular weight excluding hydrogens is 296 g/mol. The number of aromatic amines is 1. The molecule has 1 heterocycles. The van der Waals surface area contributed by atoms with Crippen molar-refractivity contribution >= 4 is 29.7 Å². The van der Waals surface area contributed by atoms with E-state index in [0.29, 0.717) is 20.8 Å². The van der Waals surface area contributed by atoms with Crippen molar-refractivity contribution in [3.63, 3.8) is 0 Å². The van der Waals surface area contributed by atoms with Gasteiger partial charge in [-0.25, -0.2) is 0 Å². The van der Waals surface area contributed by atoms with Crippen molar-refractivity contribution in [2.45, 2.75) is 6.10 Å². The molecule has 0 spiro atoms. The summed E-state index contributed by atoms with van der Waals surface area (Å²) in [6, 6.07) is 10.1. The number of H-pyrrole nitrogens is 1. The maximum absolute atomic E-state index is 11.9. The first-order chi connectivity index (χ1) is 9.58. The SMILES string of the molecule is O=C(NC[C@H](O)c1ccc(Cl)cc1)c1ccc[nH]c1=S. The lowest BCUT2D eigenvalue weighted by Crippen LogP contribution is -2.28. The third-order valence-corrected chi connectivity index (χ3v) is 3.36. The highest BCUT2D eigenvalue weighted by molar-refractivity contribution is 7.71. The summed E-state index contributed by atoms with van der Waals surface area (Å²) in [5.41, 5.74) is 1.07. The van der Waals surface area contributed by atoms with Crippen molar-refractivity contribution in [3.05, 3.63) is 63.4 Å². The van der Waals surface area contributed by atoms with Gasteiger partial charge in [0.25, 0.3) is 5.91 Å². The van der Waals surface area contributed by atoms with Gasteiger partial charge in [-0.3, -0.25) is 4.79 Å². The van der Waals surface area contributed by atoms with Gasteiger partial charge in [0.1, 0.15) is 4.64 Å². The minimum absolute atomic E-state index is 0.101. The molecule has 0 saturated carbocycles. The molecule has 1 aromatic carbocycles. The zero-order valence-corrected chi connectivity index (χ0v) is 12.0. The first kappa shape index (κ1) is 14.7. The summed E-state index contributed by atoms with van der Waals surface area (Å²) in [5.74, 6) is -0.320. The Kier molecular flexibility index (Phi) is 4.89. The van der Waals surface area contributed by atoms with E-state index < -0.39 is 6.10 Å². The molecule has 0 aliphatic carbocycles. The van der Waals surface area contributed by atoms with Crippen LogP contribution >= 0.6 is 23.8 Å². The fraction of sp³-hybridized carbons (Fsp3) is 0.143. The highest BCUT2D eigenvalue weighted by atomic mass is 35.5. The van der Waals surface area contributed by atoms with E-state index in [4.69, 9.17) is 23.8 Å². The second-order valence-electron chi connectivity index (χ2n) is 4.19. The van der Waals surface area contributed by atoms with Crippen LogP contribution in [0, 0.1) is 4.64 Å². The molecule has 0 unspecified atom stereocenters. The largest absolute Gasteiger partial charge is 0.387 e. The summed E-state index contributed by atoms with van der Waals surface area (Å²) in [4.78, 5) is 14.7. The molecule has 6 heteroatoms. The molecular formula is C14H13ClN2O2S. The van der Waals surface area contributed by atoms with E-state index in [1.807, 2.05) is 0 Å². The van der Waals surface area contributed by atoms with Gasteiger partial charge in [0.15, 0.2) is 0 Å². The lowest BCUT2D eigenvalue weighted by Gasteiger charge is -2.12. The van der Waals surface area contributed by atoms with Crippen LogP contribution in [-0.2, 0) is 0 Å². The molecule has 1 amide bonds. The van der Waals surface area contributed by atoms with Gasteiger partial charge < -0.3 is 15.4 Å². The molecule has 2 rings (SSSR count). The third kappa shape index (κ3) is 3.66. The number of benzene rings is 1. The number of hydrogen-bond donors (Lipinski definition) is 3. The maximum Gasteiger partial charge on any atom is 0.254 e. The minimum atomic E-state index is -0.794. The average molecular weight is 309 g/mol. The van der Waals surface area contributed by atoms with Crippen molar-refractivity contribution in [2.24, 2.45) is 0 Å². The molecule has 1 aromatic heterocycles. The maximum atomic E-state index is 11.9. The smallest absolute Gasteiger partial charge is 0.254 e. The Balaban J connectivity index is 1.98. The number of rotatable bonds is 4. The molecule has 0 aliphatic heterocycles. The Morgan fingerprint density at radius 3 is 2.70 bits per heavy atom. The Bertz CT molecular complexity index is 655. The van der Waals surface area contributed by atoms with Gasteiger partial charge in [-0.05, 0) is 29.8 Å². The Morgan fingerprint density at radius 1 is 1.35 bits per heavy atom. The van der Waals surface area contributed by atoms with Crippen LogP contribution < -0.4 is 5.32 Å². The van der Waals surface area contributed by atoms with Crippen LogP contribution in [-0.4, -0.2) is 22.5 Å². The van der Waals surface area contributed by atoms with Crippen LogP contribution in [0.5, 0.6) is 0 Å². The standard InChI is InChI=1S/C14H13ClN2O2S/c15-10-5-3-9(4-6-10)12(18)8-17-13(19)11-2-1-7-16-14(11)20/h1-7,12,18H,8H2,(H,16,20)(H,17,19)/t12-/m0/s1. The zero-order valence-electron chi connectivity index (χ0n) is 10.5. The molecule has 4 nitrogen and oxygen atoms in total. The summed E-state index contributed by atoms with van der Waals surface area (Å²) in [7, 11) is 0. The number of hydrogen-bond acceptors (Lipinski definition) is 3. The summed E-state index contributed by atoms with van der Waals surface area (Å²) in [6.07, 6.45) is 0.860. The number of aliphatic hydroxyl groups is 1. The molecule has 0 bridgehead atoms. The van der Waals surface area contributed by atoms with E-state index in [2.05, 4.69) is 10.3 Å².